The van der Waals surface area contributed by atoms with Gasteiger partial charge in [0.05, 0.1) is 9.83 Å². The highest BCUT2D eigenvalue weighted by molar-refractivity contribution is 9.11. The summed E-state index contributed by atoms with van der Waals surface area (Å²) in [6.07, 6.45) is 0. The minimum Gasteiger partial charge on any atom is -0.306 e. The van der Waals surface area contributed by atoms with Crippen LogP contribution < -0.4 is 5.32 Å². The van der Waals surface area contributed by atoms with Gasteiger partial charge in [-0.1, -0.05) is 28.9 Å². The third-order valence-corrected chi connectivity index (χ3v) is 5.17. The van der Waals surface area contributed by atoms with E-state index in [9.17, 15) is 4.39 Å². The molecule has 0 aliphatic heterocycles. The van der Waals surface area contributed by atoms with Gasteiger partial charge in [0, 0.05) is 9.35 Å². The molecule has 5 heteroatoms. The Labute approximate surface area is 133 Å². The van der Waals surface area contributed by atoms with E-state index in [4.69, 9.17) is 0 Å². The lowest BCUT2D eigenvalue weighted by Gasteiger charge is -2.20. The van der Waals surface area contributed by atoms with Crippen LogP contribution in [0.4, 0.5) is 4.39 Å². The highest BCUT2D eigenvalue weighted by Crippen LogP contribution is 2.36. The van der Waals surface area contributed by atoms with Gasteiger partial charge in [0.2, 0.25) is 0 Å². The quantitative estimate of drug-likeness (QED) is 0.714. The minimum absolute atomic E-state index is 0.0718. The number of thiophene rings is 1. The van der Waals surface area contributed by atoms with Crippen LogP contribution in [0.5, 0.6) is 0 Å². The second-order valence-corrected chi connectivity index (χ2v) is 7.71. The fourth-order valence-corrected chi connectivity index (χ4v) is 4.40. The molecule has 0 aliphatic rings. The number of halogens is 3. The highest BCUT2D eigenvalue weighted by Gasteiger charge is 2.19. The molecule has 1 unspecified atom stereocenters. The van der Waals surface area contributed by atoms with Gasteiger partial charge in [-0.3, -0.25) is 0 Å². The van der Waals surface area contributed by atoms with E-state index < -0.39 is 0 Å². The van der Waals surface area contributed by atoms with Crippen LogP contribution in [0.3, 0.4) is 0 Å². The number of aryl methyl sites for hydroxylation is 1. The zero-order valence-corrected chi connectivity index (χ0v) is 14.6. The van der Waals surface area contributed by atoms with Gasteiger partial charge in [-0.15, -0.1) is 11.3 Å². The molecule has 19 heavy (non-hydrogen) atoms. The van der Waals surface area contributed by atoms with Crippen molar-refractivity contribution in [3.05, 3.63) is 54.3 Å². The molecule has 0 bridgehead atoms. The van der Waals surface area contributed by atoms with Crippen LogP contribution in [-0.2, 0) is 0 Å². The van der Waals surface area contributed by atoms with Gasteiger partial charge >= 0.3 is 0 Å². The molecule has 1 heterocycles. The first-order valence-electron chi connectivity index (χ1n) is 5.97. The van der Waals surface area contributed by atoms with Crippen LogP contribution in [0.15, 0.2) is 32.5 Å². The molecular formula is C14H14Br2FNS. The summed E-state index contributed by atoms with van der Waals surface area (Å²) < 4.78 is 15.1. The molecule has 0 saturated carbocycles. The predicted molar refractivity (Wildman–Crippen MR) is 86.4 cm³/mol. The average molecular weight is 407 g/mol. The van der Waals surface area contributed by atoms with Crippen LogP contribution in [0.1, 0.15) is 29.0 Å². The van der Waals surface area contributed by atoms with E-state index in [1.165, 1.54) is 22.6 Å². The second-order valence-electron chi connectivity index (χ2n) is 4.22. The summed E-state index contributed by atoms with van der Waals surface area (Å²) >= 11 is 8.70. The molecule has 0 spiro atoms. The molecule has 2 aromatic rings. The minimum atomic E-state index is -0.228. The first kappa shape index (κ1) is 15.2. The van der Waals surface area contributed by atoms with E-state index in [0.717, 1.165) is 20.4 Å². The number of nitrogens with one attached hydrogen (secondary N) is 1. The maximum atomic E-state index is 13.2. The summed E-state index contributed by atoms with van der Waals surface area (Å²) in [5, 5.41) is 3.46. The van der Waals surface area contributed by atoms with Gasteiger partial charge in [0.1, 0.15) is 5.82 Å². The largest absolute Gasteiger partial charge is 0.306 e. The summed E-state index contributed by atoms with van der Waals surface area (Å²) in [7, 11) is 0. The van der Waals surface area contributed by atoms with E-state index in [0.29, 0.717) is 0 Å². The van der Waals surface area contributed by atoms with Gasteiger partial charge in [0.25, 0.3) is 0 Å². The number of rotatable bonds is 4. The van der Waals surface area contributed by atoms with Crippen molar-refractivity contribution in [1.29, 1.82) is 0 Å². The Hall–Kier alpha value is -0.230. The lowest BCUT2D eigenvalue weighted by Crippen LogP contribution is -2.22. The van der Waals surface area contributed by atoms with Crippen molar-refractivity contribution in [3.8, 4) is 0 Å². The predicted octanol–water partition coefficient (Wildman–Crippen LogP) is 5.42. The summed E-state index contributed by atoms with van der Waals surface area (Å²) in [6.45, 7) is 5.02. The average Bonchev–Trinajstić information content (AvgIpc) is 2.66. The maximum absolute atomic E-state index is 13.2. The van der Waals surface area contributed by atoms with Gasteiger partial charge in [-0.25, -0.2) is 4.39 Å². The smallest absolute Gasteiger partial charge is 0.124 e. The standard InChI is InChI=1S/C14H14Br2FNS/c1-3-18-14(11-7-13(16)19-8(11)2)10-5-4-9(17)6-12(10)15/h4-7,14,18H,3H2,1-2H3. The zero-order chi connectivity index (χ0) is 14.0. The summed E-state index contributed by atoms with van der Waals surface area (Å²) in [5.41, 5.74) is 2.28. The van der Waals surface area contributed by atoms with E-state index in [-0.39, 0.29) is 11.9 Å². The SMILES string of the molecule is CCNC(c1ccc(F)cc1Br)c1cc(Br)sc1C. The molecule has 2 rings (SSSR count). The Kier molecular flexibility index (Phi) is 5.17. The Morgan fingerprint density at radius 1 is 1.26 bits per heavy atom. The highest BCUT2D eigenvalue weighted by atomic mass is 79.9. The van der Waals surface area contributed by atoms with E-state index in [1.807, 2.05) is 6.07 Å². The molecule has 1 aromatic carbocycles. The molecule has 0 radical (unpaired) electrons. The first-order chi connectivity index (χ1) is 9.02. The maximum Gasteiger partial charge on any atom is 0.124 e. The Morgan fingerprint density at radius 2 is 2.00 bits per heavy atom. The Bertz CT molecular complexity index is 583. The van der Waals surface area contributed by atoms with Gasteiger partial charge in [-0.2, -0.15) is 0 Å². The van der Waals surface area contributed by atoms with Crippen molar-refractivity contribution in [2.75, 3.05) is 6.54 Å². The van der Waals surface area contributed by atoms with Crippen molar-refractivity contribution >= 4 is 43.2 Å². The van der Waals surface area contributed by atoms with Crippen molar-refractivity contribution in [2.45, 2.75) is 19.9 Å². The molecule has 0 fully saturated rings. The van der Waals surface area contributed by atoms with Gasteiger partial charge in [-0.05, 0) is 58.7 Å². The van der Waals surface area contributed by atoms with Crippen LogP contribution in [0, 0.1) is 12.7 Å². The van der Waals surface area contributed by atoms with E-state index in [2.05, 4.69) is 57.1 Å². The molecule has 1 nitrogen and oxygen atoms in total. The van der Waals surface area contributed by atoms with Gasteiger partial charge < -0.3 is 5.32 Å². The third kappa shape index (κ3) is 3.45. The number of benzene rings is 1. The Balaban J connectivity index is 2.48. The van der Waals surface area contributed by atoms with Crippen molar-refractivity contribution in [3.63, 3.8) is 0 Å². The fraction of sp³-hybridized carbons (Fsp3) is 0.286. The monoisotopic (exact) mass is 405 g/mol. The third-order valence-electron chi connectivity index (χ3n) is 2.92. The molecule has 1 N–H and O–H groups in total. The molecule has 1 aromatic heterocycles. The van der Waals surface area contributed by atoms with E-state index >= 15 is 0 Å². The summed E-state index contributed by atoms with van der Waals surface area (Å²) in [5.74, 6) is -0.228. The van der Waals surface area contributed by atoms with Crippen molar-refractivity contribution in [1.82, 2.24) is 5.32 Å². The van der Waals surface area contributed by atoms with Crippen LogP contribution in [0.2, 0.25) is 0 Å². The van der Waals surface area contributed by atoms with Crippen LogP contribution in [-0.4, -0.2) is 6.54 Å². The van der Waals surface area contributed by atoms with Crippen molar-refractivity contribution in [2.24, 2.45) is 0 Å². The van der Waals surface area contributed by atoms with Crippen LogP contribution >= 0.6 is 43.2 Å². The summed E-state index contributed by atoms with van der Waals surface area (Å²) in [4.78, 5) is 1.26. The van der Waals surface area contributed by atoms with Gasteiger partial charge in [0.15, 0.2) is 0 Å². The topological polar surface area (TPSA) is 12.0 Å². The second kappa shape index (κ2) is 6.48. The molecule has 0 amide bonds. The molecule has 0 aliphatic carbocycles. The zero-order valence-electron chi connectivity index (χ0n) is 10.6. The Morgan fingerprint density at radius 3 is 2.53 bits per heavy atom. The lowest BCUT2D eigenvalue weighted by atomic mass is 9.99. The number of hydrogen-bond donors (Lipinski definition) is 1. The molecule has 0 saturated heterocycles. The fourth-order valence-electron chi connectivity index (χ4n) is 2.07. The van der Waals surface area contributed by atoms with E-state index in [1.54, 1.807) is 11.3 Å². The molecule has 1 atom stereocenters. The lowest BCUT2D eigenvalue weighted by molar-refractivity contribution is 0.610. The normalized spacial score (nSPS) is 12.7. The van der Waals surface area contributed by atoms with Crippen molar-refractivity contribution < 1.29 is 4.39 Å². The molecular weight excluding hydrogens is 393 g/mol. The van der Waals surface area contributed by atoms with Crippen LogP contribution in [0.25, 0.3) is 0 Å². The molecule has 102 valence electrons. The number of hydrogen-bond acceptors (Lipinski definition) is 2. The first-order valence-corrected chi connectivity index (χ1v) is 8.37. The summed E-state index contributed by atoms with van der Waals surface area (Å²) in [6, 6.07) is 7.04.